The first-order chi connectivity index (χ1) is 23.3. The van der Waals surface area contributed by atoms with E-state index >= 15 is 4.39 Å². The van der Waals surface area contributed by atoms with E-state index in [9.17, 15) is 4.79 Å². The Morgan fingerprint density at radius 3 is 2.12 bits per heavy atom. The van der Waals surface area contributed by atoms with E-state index in [4.69, 9.17) is 24.4 Å². The quantitative estimate of drug-likeness (QED) is 0.156. The van der Waals surface area contributed by atoms with Crippen molar-refractivity contribution < 1.29 is 18.7 Å². The first-order valence-electron chi connectivity index (χ1n) is 15.2. The molecule has 10 nitrogen and oxygen atoms in total. The van der Waals surface area contributed by atoms with Crippen molar-refractivity contribution in [3.8, 4) is 22.9 Å². The second kappa shape index (κ2) is 14.1. The molecule has 3 heterocycles. The van der Waals surface area contributed by atoms with Gasteiger partial charge in [-0.2, -0.15) is 0 Å². The van der Waals surface area contributed by atoms with E-state index in [-0.39, 0.29) is 17.3 Å². The van der Waals surface area contributed by atoms with Crippen LogP contribution in [0.3, 0.4) is 0 Å². The van der Waals surface area contributed by atoms with Gasteiger partial charge in [0.1, 0.15) is 29.0 Å². The number of rotatable bonds is 11. The lowest BCUT2D eigenvalue weighted by Gasteiger charge is -2.25. The third-order valence-electron chi connectivity index (χ3n) is 7.84. The van der Waals surface area contributed by atoms with E-state index in [2.05, 4.69) is 20.5 Å². The number of halogens is 1. The SMILES string of the molecule is CNC(=O)c1cnccc1Nc1nc(-c2cc(C)ccc2F)nc2nc(N(Cc3ccc(OC)cc3)Cc3ccc(OC)cc3)ccc12. The lowest BCUT2D eigenvalue weighted by molar-refractivity contribution is 0.0963. The Kier molecular flexibility index (Phi) is 9.38. The van der Waals surface area contributed by atoms with Crippen molar-refractivity contribution in [1.82, 2.24) is 25.3 Å². The number of carbonyl (C=O) groups excluding carboxylic acids is 1. The minimum Gasteiger partial charge on any atom is -0.497 e. The summed E-state index contributed by atoms with van der Waals surface area (Å²) in [4.78, 5) is 33.4. The molecule has 6 rings (SSSR count). The van der Waals surface area contributed by atoms with Crippen LogP contribution in [0.2, 0.25) is 0 Å². The van der Waals surface area contributed by atoms with Crippen molar-refractivity contribution in [3.05, 3.63) is 125 Å². The molecule has 48 heavy (non-hydrogen) atoms. The van der Waals surface area contributed by atoms with Crippen molar-refractivity contribution in [2.45, 2.75) is 20.0 Å². The van der Waals surface area contributed by atoms with Crippen LogP contribution in [0.5, 0.6) is 11.5 Å². The molecule has 242 valence electrons. The molecule has 0 atom stereocenters. The average molecular weight is 644 g/mol. The number of aromatic nitrogens is 4. The summed E-state index contributed by atoms with van der Waals surface area (Å²) in [6.45, 7) is 2.95. The van der Waals surface area contributed by atoms with E-state index in [0.717, 1.165) is 28.2 Å². The smallest absolute Gasteiger partial charge is 0.254 e. The van der Waals surface area contributed by atoms with Crippen LogP contribution < -0.4 is 25.0 Å². The zero-order valence-electron chi connectivity index (χ0n) is 27.0. The van der Waals surface area contributed by atoms with Crippen molar-refractivity contribution in [2.24, 2.45) is 0 Å². The number of nitrogens with one attached hydrogen (secondary N) is 2. The van der Waals surface area contributed by atoms with Crippen molar-refractivity contribution in [3.63, 3.8) is 0 Å². The number of nitrogens with zero attached hydrogens (tertiary/aromatic N) is 5. The van der Waals surface area contributed by atoms with Crippen LogP contribution in [0.1, 0.15) is 27.0 Å². The predicted octanol–water partition coefficient (Wildman–Crippen LogP) is 6.86. The minimum atomic E-state index is -0.461. The zero-order valence-corrected chi connectivity index (χ0v) is 27.0. The molecule has 3 aromatic heterocycles. The highest BCUT2D eigenvalue weighted by atomic mass is 19.1. The maximum atomic E-state index is 15.2. The molecular weight excluding hydrogens is 609 g/mol. The molecule has 3 aromatic carbocycles. The van der Waals surface area contributed by atoms with E-state index in [1.54, 1.807) is 45.7 Å². The highest BCUT2D eigenvalue weighted by Gasteiger charge is 2.19. The molecule has 0 bridgehead atoms. The van der Waals surface area contributed by atoms with Crippen molar-refractivity contribution in [1.29, 1.82) is 0 Å². The van der Waals surface area contributed by atoms with E-state index in [1.807, 2.05) is 67.6 Å². The molecule has 11 heteroatoms. The molecule has 0 fully saturated rings. The number of aryl methyl sites for hydroxylation is 1. The topological polar surface area (TPSA) is 114 Å². The molecule has 0 saturated heterocycles. The Balaban J connectivity index is 1.48. The second-order valence-corrected chi connectivity index (χ2v) is 11.1. The van der Waals surface area contributed by atoms with Gasteiger partial charge in [-0.15, -0.1) is 0 Å². The first-order valence-corrected chi connectivity index (χ1v) is 15.2. The maximum absolute atomic E-state index is 15.2. The summed E-state index contributed by atoms with van der Waals surface area (Å²) in [7, 11) is 4.83. The molecule has 6 aromatic rings. The van der Waals surface area contributed by atoms with Gasteiger partial charge < -0.3 is 25.0 Å². The van der Waals surface area contributed by atoms with Crippen molar-refractivity contribution in [2.75, 3.05) is 31.5 Å². The number of fused-ring (bicyclic) bond motifs is 1. The molecule has 1 amide bonds. The van der Waals surface area contributed by atoms with Gasteiger partial charge in [0.05, 0.1) is 36.4 Å². The van der Waals surface area contributed by atoms with Gasteiger partial charge in [0.2, 0.25) is 0 Å². The lowest BCUT2D eigenvalue weighted by atomic mass is 10.1. The summed E-state index contributed by atoms with van der Waals surface area (Å²) < 4.78 is 25.9. The Labute approximate surface area is 277 Å². The average Bonchev–Trinajstić information content (AvgIpc) is 3.12. The van der Waals surface area contributed by atoms with Gasteiger partial charge in [0, 0.05) is 32.5 Å². The van der Waals surface area contributed by atoms with Crippen LogP contribution in [0.25, 0.3) is 22.4 Å². The number of benzene rings is 3. The van der Waals surface area contributed by atoms with E-state index in [1.165, 1.54) is 12.3 Å². The van der Waals surface area contributed by atoms with Gasteiger partial charge >= 0.3 is 0 Å². The Morgan fingerprint density at radius 1 is 0.833 bits per heavy atom. The molecule has 0 spiro atoms. The molecular formula is C37H34FN7O3. The Hall–Kier alpha value is -6.10. The van der Waals surface area contributed by atoms with E-state index in [0.29, 0.717) is 47.0 Å². The third kappa shape index (κ3) is 7.00. The van der Waals surface area contributed by atoms with Gasteiger partial charge in [-0.25, -0.2) is 19.3 Å². The number of ether oxygens (including phenoxy) is 2. The zero-order chi connectivity index (χ0) is 33.6. The number of methoxy groups -OCH3 is 2. The van der Waals surface area contributed by atoms with E-state index < -0.39 is 5.82 Å². The summed E-state index contributed by atoms with van der Waals surface area (Å²) in [6.07, 6.45) is 3.05. The molecule has 0 aliphatic rings. The van der Waals surface area contributed by atoms with Crippen LogP contribution in [-0.4, -0.2) is 47.1 Å². The third-order valence-corrected chi connectivity index (χ3v) is 7.84. The van der Waals surface area contributed by atoms with Gasteiger partial charge in [0.15, 0.2) is 11.5 Å². The summed E-state index contributed by atoms with van der Waals surface area (Å²) in [5.74, 6) is 1.94. The highest BCUT2D eigenvalue weighted by molar-refractivity contribution is 6.01. The fourth-order valence-corrected chi connectivity index (χ4v) is 5.27. The van der Waals surface area contributed by atoms with Gasteiger partial charge in [0.25, 0.3) is 5.91 Å². The van der Waals surface area contributed by atoms with Crippen LogP contribution >= 0.6 is 0 Å². The van der Waals surface area contributed by atoms with Crippen LogP contribution in [-0.2, 0) is 13.1 Å². The maximum Gasteiger partial charge on any atom is 0.254 e. The molecule has 2 N–H and O–H groups in total. The second-order valence-electron chi connectivity index (χ2n) is 11.1. The van der Waals surface area contributed by atoms with Crippen molar-refractivity contribution >= 4 is 34.3 Å². The normalized spacial score (nSPS) is 10.9. The fourth-order valence-electron chi connectivity index (χ4n) is 5.27. The standard InChI is InChI=1S/C37H34FN7O3/c1-23-5-15-31(38)29(19-23)36-43-34(41-32-17-18-40-20-30(32)37(46)39-2)28-14-16-33(42-35(28)44-36)45(21-24-6-10-26(47-3)11-7-24)22-25-8-12-27(48-4)13-9-25/h5-20H,21-22H2,1-4H3,(H,39,46)(H,40,41,42,43,44). The predicted molar refractivity (Wildman–Crippen MR) is 184 cm³/mol. The van der Waals surface area contributed by atoms with Gasteiger partial charge in [-0.3, -0.25) is 9.78 Å². The number of anilines is 3. The molecule has 0 saturated carbocycles. The van der Waals surface area contributed by atoms with Crippen LogP contribution in [0, 0.1) is 12.7 Å². The summed E-state index contributed by atoms with van der Waals surface area (Å²) >= 11 is 0. The van der Waals surface area contributed by atoms with Crippen LogP contribution in [0.4, 0.5) is 21.7 Å². The fraction of sp³-hybridized carbons (Fsp3) is 0.162. The molecule has 0 radical (unpaired) electrons. The van der Waals surface area contributed by atoms with Gasteiger partial charge in [-0.1, -0.05) is 35.9 Å². The van der Waals surface area contributed by atoms with Gasteiger partial charge in [-0.05, 0) is 72.6 Å². The molecule has 0 aliphatic carbocycles. The van der Waals surface area contributed by atoms with Crippen LogP contribution in [0.15, 0.2) is 97.3 Å². The number of amides is 1. The number of carbonyl (C=O) groups is 1. The Bertz CT molecular complexity index is 2020. The first kappa shape index (κ1) is 31.9. The number of hydrogen-bond donors (Lipinski definition) is 2. The Morgan fingerprint density at radius 2 is 1.50 bits per heavy atom. The summed E-state index contributed by atoms with van der Waals surface area (Å²) in [5.41, 5.74) is 4.35. The highest BCUT2D eigenvalue weighted by Crippen LogP contribution is 2.31. The summed E-state index contributed by atoms with van der Waals surface area (Å²) in [5, 5.41) is 6.50. The molecule has 0 aliphatic heterocycles. The number of hydrogen-bond acceptors (Lipinski definition) is 9. The lowest BCUT2D eigenvalue weighted by Crippen LogP contribution is -2.23. The number of pyridine rings is 2. The minimum absolute atomic E-state index is 0.156. The molecule has 0 unspecified atom stereocenters. The summed E-state index contributed by atoms with van der Waals surface area (Å²) in [6, 6.07) is 26.0. The monoisotopic (exact) mass is 643 g/mol. The largest absolute Gasteiger partial charge is 0.497 e.